The van der Waals surface area contributed by atoms with Gasteiger partial charge in [-0.25, -0.2) is 9.13 Å². The summed E-state index contributed by atoms with van der Waals surface area (Å²) in [4.78, 5) is 43.1. The predicted octanol–water partition coefficient (Wildman–Crippen LogP) is 5.65. The monoisotopic (exact) mass is 646 g/mol. The number of rotatable bonds is 0. The third kappa shape index (κ3) is 13.2. The minimum Gasteiger partial charge on any atom is -0.614 e. The van der Waals surface area contributed by atoms with E-state index in [-0.39, 0.29) is 21.7 Å². The Labute approximate surface area is 257 Å². The molecule has 0 saturated heterocycles. The van der Waals surface area contributed by atoms with E-state index in [1.165, 1.54) is 33.4 Å². The van der Waals surface area contributed by atoms with Gasteiger partial charge in [-0.3, -0.25) is 0 Å². The van der Waals surface area contributed by atoms with Gasteiger partial charge in [0, 0.05) is 6.42 Å². The normalized spacial score (nSPS) is 14.1. The van der Waals surface area contributed by atoms with Crippen molar-refractivity contribution in [1.29, 1.82) is 0 Å². The van der Waals surface area contributed by atoms with E-state index >= 15 is 0 Å². The first-order valence-electron chi connectivity index (χ1n) is 13.6. The molecule has 3 rings (SSSR count). The molecule has 0 aromatic heterocycles. The summed E-state index contributed by atoms with van der Waals surface area (Å²) in [5, 5.41) is 0. The van der Waals surface area contributed by atoms with Crippen LogP contribution in [0.1, 0.15) is 116 Å². The second-order valence-corrected chi connectivity index (χ2v) is 17.5. The summed E-state index contributed by atoms with van der Waals surface area (Å²) in [5.41, 5.74) is 8.10. The van der Waals surface area contributed by atoms with Crippen LogP contribution >= 0.6 is 15.6 Å². The lowest BCUT2D eigenvalue weighted by molar-refractivity contribution is 0.272. The molecule has 2 aromatic carbocycles. The second-order valence-electron chi connectivity index (χ2n) is 14.6. The fraction of sp³-hybridized carbons (Fsp3) is 0.586. The highest BCUT2D eigenvalue weighted by Gasteiger charge is 2.31. The first-order chi connectivity index (χ1) is 18.4. The zero-order valence-corrected chi connectivity index (χ0v) is 30.1. The predicted molar refractivity (Wildman–Crippen MR) is 167 cm³/mol. The Hall–Kier alpha value is -1.21. The van der Waals surface area contributed by atoms with Crippen LogP contribution in [-0.2, 0) is 37.2 Å². The Kier molecular flexibility index (Phi) is 12.4. The highest BCUT2D eigenvalue weighted by molar-refractivity contribution is 7.45. The second kappa shape index (κ2) is 13.4. The molecule has 238 valence electrons. The lowest BCUT2D eigenvalue weighted by Crippen LogP contribution is -2.25. The van der Waals surface area contributed by atoms with E-state index in [0.29, 0.717) is 0 Å². The van der Waals surface area contributed by atoms with E-state index in [0.717, 1.165) is 17.9 Å². The molecule has 0 fully saturated rings. The number of benzene rings is 2. The summed E-state index contributed by atoms with van der Waals surface area (Å²) >= 11 is -1.22. The summed E-state index contributed by atoms with van der Waals surface area (Å²) in [6.07, 6.45) is 0.832. The molecule has 10 nitrogen and oxygen atoms in total. The van der Waals surface area contributed by atoms with Gasteiger partial charge in [-0.2, -0.15) is 0 Å². The van der Waals surface area contributed by atoms with Gasteiger partial charge in [-0.05, 0) is 55.0 Å². The molecule has 13 heteroatoms. The van der Waals surface area contributed by atoms with Crippen molar-refractivity contribution in [3.8, 4) is 11.5 Å². The van der Waals surface area contributed by atoms with Crippen LogP contribution in [0.4, 0.5) is 0 Å². The van der Waals surface area contributed by atoms with Gasteiger partial charge in [0.25, 0.3) is 0 Å². The Morgan fingerprint density at radius 2 is 0.810 bits per heavy atom. The van der Waals surface area contributed by atoms with E-state index < -0.39 is 31.5 Å². The molecule has 0 spiro atoms. The lowest BCUT2D eigenvalue weighted by Gasteiger charge is -2.34. The largest absolute Gasteiger partial charge is 0.832 e. The molecule has 0 amide bonds. The topological polar surface area (TPSA) is 174 Å². The van der Waals surface area contributed by atoms with Crippen LogP contribution in [0.2, 0.25) is 0 Å². The van der Waals surface area contributed by atoms with Crippen molar-refractivity contribution in [2.75, 3.05) is 0 Å². The molecule has 0 saturated carbocycles. The van der Waals surface area contributed by atoms with E-state index in [4.69, 9.17) is 46.1 Å². The third-order valence-corrected chi connectivity index (χ3v) is 7.28. The van der Waals surface area contributed by atoms with Crippen LogP contribution in [0.25, 0.3) is 0 Å². The van der Waals surface area contributed by atoms with Crippen LogP contribution in [0, 0.1) is 0 Å². The van der Waals surface area contributed by atoms with Gasteiger partial charge in [-0.1, -0.05) is 107 Å². The Bertz CT molecular complexity index is 1220. The smallest absolute Gasteiger partial charge is 0.614 e. The standard InChI is InChI=1S/C29H44O2.Al.2H3O4P.H/c1-26(2,3)20-14-18(24(30)22(16-20)28(7,8)9)13-19-15-21(27(4,5)6)17-23(25(19)31)29(10,11)12;;2*1-5(2,3)4;/h14-17,30-31H,13H2,1-12H3;;2*(H3,1,2,3,4);/q;+2;;;/p-2. The van der Waals surface area contributed by atoms with Gasteiger partial charge in [0.15, 0.2) is 0 Å². The summed E-state index contributed by atoms with van der Waals surface area (Å²) in [7, 11) is -9.28. The number of phosphoric acid groups is 2. The minimum absolute atomic E-state index is 0.00555. The van der Waals surface area contributed by atoms with E-state index in [9.17, 15) is 0 Å². The summed E-state index contributed by atoms with van der Waals surface area (Å²) in [6.45, 7) is 27.5. The average molecular weight is 647 g/mol. The van der Waals surface area contributed by atoms with Gasteiger partial charge in [0.1, 0.15) is 0 Å². The van der Waals surface area contributed by atoms with Crippen molar-refractivity contribution in [1.82, 2.24) is 0 Å². The Morgan fingerprint density at radius 1 is 0.548 bits per heavy atom. The van der Waals surface area contributed by atoms with E-state index in [1.54, 1.807) is 0 Å². The quantitative estimate of drug-likeness (QED) is 0.155. The van der Waals surface area contributed by atoms with E-state index in [1.807, 2.05) is 0 Å². The molecule has 1 aliphatic heterocycles. The molecule has 0 atom stereocenters. The summed E-state index contributed by atoms with van der Waals surface area (Å²) in [6, 6.07) is 9.49. The molecule has 0 radical (unpaired) electrons. The molecule has 6 N–H and O–H groups in total. The number of fused-ring (bicyclic) bond motifs is 2. The van der Waals surface area contributed by atoms with E-state index in [2.05, 4.69) is 107 Å². The molecule has 0 bridgehead atoms. The third-order valence-electron chi connectivity index (χ3n) is 6.47. The number of hydrogen-bond donors (Lipinski definition) is 6. The zero-order chi connectivity index (χ0) is 33.3. The van der Waals surface area contributed by atoms with Crippen LogP contribution in [0.15, 0.2) is 24.3 Å². The minimum atomic E-state index is -4.64. The Balaban J connectivity index is 0.000000759. The van der Waals surface area contributed by atoms with Crippen LogP contribution in [0.3, 0.4) is 0 Å². The van der Waals surface area contributed by atoms with Crippen molar-refractivity contribution in [3.05, 3.63) is 57.6 Å². The molecule has 42 heavy (non-hydrogen) atoms. The van der Waals surface area contributed by atoms with Gasteiger partial charge in [0.2, 0.25) is 0 Å². The molecular formula is C29H49AlO10P2. The molecule has 2 aromatic rings. The maximum atomic E-state index is 8.88. The summed E-state index contributed by atoms with van der Waals surface area (Å²) < 4.78 is 30.7. The highest BCUT2D eigenvalue weighted by Crippen LogP contribution is 2.44. The Morgan fingerprint density at radius 3 is 1.02 bits per heavy atom. The van der Waals surface area contributed by atoms with Crippen molar-refractivity contribution in [2.24, 2.45) is 0 Å². The first-order valence-corrected chi connectivity index (χ1v) is 17.9. The van der Waals surface area contributed by atoms with Crippen molar-refractivity contribution >= 4 is 31.5 Å². The van der Waals surface area contributed by atoms with Gasteiger partial charge < -0.3 is 36.9 Å². The molecule has 1 heterocycles. The van der Waals surface area contributed by atoms with Gasteiger partial charge in [0.05, 0.1) is 11.5 Å². The molecule has 0 aliphatic carbocycles. The summed E-state index contributed by atoms with van der Waals surface area (Å²) in [5.74, 6) is 2.11. The molecular weight excluding hydrogens is 597 g/mol. The number of hydrogen-bond acceptors (Lipinski definition) is 4. The van der Waals surface area contributed by atoms with Crippen LogP contribution in [-0.4, -0.2) is 45.2 Å². The SMILES string of the molecule is CC(C)(C)c1cc2c(c(C(C)(C)C)c1)[O][AlH][O]c1c(cc(C(C)(C)C)cc1C(C)(C)C)C2.O=P(O)(O)O.O=P(O)(O)O. The van der Waals surface area contributed by atoms with Crippen molar-refractivity contribution < 1.29 is 46.1 Å². The van der Waals surface area contributed by atoms with Crippen molar-refractivity contribution in [3.63, 3.8) is 0 Å². The fourth-order valence-electron chi connectivity index (χ4n) is 4.31. The molecule has 0 unspecified atom stereocenters. The van der Waals surface area contributed by atoms with Crippen LogP contribution in [0.5, 0.6) is 11.5 Å². The van der Waals surface area contributed by atoms with Crippen LogP contribution < -0.4 is 7.58 Å². The maximum absolute atomic E-state index is 8.88. The van der Waals surface area contributed by atoms with Crippen molar-refractivity contribution in [2.45, 2.75) is 111 Å². The van der Waals surface area contributed by atoms with Gasteiger partial charge >= 0.3 is 31.5 Å². The maximum Gasteiger partial charge on any atom is 0.832 e. The molecule has 1 aliphatic rings. The highest BCUT2D eigenvalue weighted by atomic mass is 31.2. The fourth-order valence-corrected chi connectivity index (χ4v) is 5.29. The average Bonchev–Trinajstić information content (AvgIpc) is 2.67. The van der Waals surface area contributed by atoms with Gasteiger partial charge in [-0.15, -0.1) is 0 Å². The zero-order valence-electron chi connectivity index (χ0n) is 26.9. The first kappa shape index (κ1) is 38.8. The lowest BCUT2D eigenvalue weighted by atomic mass is 9.76.